The molecule has 4 aromatic carbocycles. The van der Waals surface area contributed by atoms with Crippen molar-refractivity contribution in [2.45, 2.75) is 25.7 Å². The number of nitrogens with zero attached hydrogens (tertiary/aromatic N) is 1. The molecule has 0 saturated carbocycles. The summed E-state index contributed by atoms with van der Waals surface area (Å²) < 4.78 is 3.55. The van der Waals surface area contributed by atoms with Crippen molar-refractivity contribution in [2.75, 3.05) is 0 Å². The van der Waals surface area contributed by atoms with Crippen LogP contribution in [0.2, 0.25) is 0 Å². The van der Waals surface area contributed by atoms with Gasteiger partial charge in [0.05, 0.1) is 11.4 Å². The van der Waals surface area contributed by atoms with E-state index in [0.717, 1.165) is 48.2 Å². The van der Waals surface area contributed by atoms with Gasteiger partial charge in [-0.15, -0.1) is 0 Å². The van der Waals surface area contributed by atoms with Crippen molar-refractivity contribution in [3.8, 4) is 0 Å². The van der Waals surface area contributed by atoms with Crippen LogP contribution in [0.15, 0.2) is 103 Å². The standard InChI is InChI=1S/C29H22Br3N/c30-25-16-22-13-14-24-17-27(32)23(12-11-21(25)15-26(22)31)18-28(24)33-29(19-7-3-1-4-8-19)20-9-5-2-6-10-20/h1-10,15-18H,11-14H2. The fourth-order valence-corrected chi connectivity index (χ4v) is 6.07. The second-order valence-electron chi connectivity index (χ2n) is 8.30. The van der Waals surface area contributed by atoms with Gasteiger partial charge in [0, 0.05) is 24.5 Å². The van der Waals surface area contributed by atoms with Gasteiger partial charge in [-0.05, 0) is 72.2 Å². The molecule has 0 aliphatic heterocycles. The average molecular weight is 624 g/mol. The van der Waals surface area contributed by atoms with Crippen LogP contribution in [0.4, 0.5) is 5.69 Å². The Morgan fingerprint density at radius 2 is 0.909 bits per heavy atom. The third-order valence-corrected chi connectivity index (χ3v) is 8.33. The van der Waals surface area contributed by atoms with E-state index in [2.05, 4.69) is 133 Å². The monoisotopic (exact) mass is 621 g/mol. The summed E-state index contributed by atoms with van der Waals surface area (Å²) in [6.45, 7) is 0. The molecule has 4 bridgehead atoms. The van der Waals surface area contributed by atoms with Gasteiger partial charge < -0.3 is 0 Å². The molecule has 0 heterocycles. The van der Waals surface area contributed by atoms with Crippen molar-refractivity contribution in [1.82, 2.24) is 0 Å². The van der Waals surface area contributed by atoms with Gasteiger partial charge >= 0.3 is 0 Å². The summed E-state index contributed by atoms with van der Waals surface area (Å²) in [5, 5.41) is 0. The first-order valence-electron chi connectivity index (χ1n) is 11.1. The number of rotatable bonds is 3. The van der Waals surface area contributed by atoms with Crippen LogP contribution in [0.1, 0.15) is 33.4 Å². The minimum absolute atomic E-state index is 0.916. The Morgan fingerprint density at radius 1 is 0.515 bits per heavy atom. The normalized spacial score (nSPS) is 12.8. The molecule has 0 spiro atoms. The van der Waals surface area contributed by atoms with E-state index in [1.807, 2.05) is 0 Å². The van der Waals surface area contributed by atoms with E-state index in [1.165, 1.54) is 35.7 Å². The number of aryl methyl sites for hydroxylation is 4. The summed E-state index contributed by atoms with van der Waals surface area (Å²) in [6, 6.07) is 30.0. The van der Waals surface area contributed by atoms with Crippen LogP contribution in [0.3, 0.4) is 0 Å². The summed E-state index contributed by atoms with van der Waals surface area (Å²) in [5.74, 6) is 0. The molecular weight excluding hydrogens is 602 g/mol. The van der Waals surface area contributed by atoms with Crippen molar-refractivity contribution in [3.63, 3.8) is 0 Å². The van der Waals surface area contributed by atoms with E-state index in [-0.39, 0.29) is 0 Å². The van der Waals surface area contributed by atoms with Crippen LogP contribution in [0.25, 0.3) is 0 Å². The van der Waals surface area contributed by atoms with Crippen molar-refractivity contribution >= 4 is 59.2 Å². The number of hydrogen-bond donors (Lipinski definition) is 0. The Bertz CT molecular complexity index is 1290. The Labute approximate surface area is 220 Å². The van der Waals surface area contributed by atoms with Crippen LogP contribution < -0.4 is 0 Å². The Kier molecular flexibility index (Phi) is 6.96. The van der Waals surface area contributed by atoms with Gasteiger partial charge in [0.25, 0.3) is 0 Å². The first-order valence-corrected chi connectivity index (χ1v) is 13.4. The van der Waals surface area contributed by atoms with Crippen molar-refractivity contribution in [3.05, 3.63) is 132 Å². The second kappa shape index (κ2) is 10.1. The zero-order valence-corrected chi connectivity index (χ0v) is 22.8. The zero-order valence-electron chi connectivity index (χ0n) is 18.0. The maximum Gasteiger partial charge on any atom is 0.0781 e. The third-order valence-electron chi connectivity index (χ3n) is 6.12. The molecule has 0 radical (unpaired) electrons. The SMILES string of the molecule is Brc1cc2c(Br)cc1CCc1cc(N=C(c3ccccc3)c3ccccc3)c(cc1Br)CC2. The van der Waals surface area contributed by atoms with Crippen molar-refractivity contribution in [2.24, 2.45) is 4.99 Å². The minimum atomic E-state index is 0.916. The molecule has 0 atom stereocenters. The molecule has 8 rings (SSSR count). The first-order chi connectivity index (χ1) is 16.1. The Morgan fingerprint density at radius 3 is 1.39 bits per heavy atom. The molecule has 0 amide bonds. The molecule has 0 saturated heterocycles. The lowest BCUT2D eigenvalue weighted by molar-refractivity contribution is 0.907. The van der Waals surface area contributed by atoms with E-state index in [9.17, 15) is 0 Å². The summed E-state index contributed by atoms with van der Waals surface area (Å²) in [6.07, 6.45) is 3.77. The van der Waals surface area contributed by atoms with Gasteiger partial charge in [-0.25, -0.2) is 4.99 Å². The van der Waals surface area contributed by atoms with Gasteiger partial charge in [0.15, 0.2) is 0 Å². The number of benzene rings is 4. The highest BCUT2D eigenvalue weighted by Gasteiger charge is 2.16. The molecule has 33 heavy (non-hydrogen) atoms. The Balaban J connectivity index is 1.66. The summed E-state index contributed by atoms with van der Waals surface area (Å²) >= 11 is 11.4. The quantitative estimate of drug-likeness (QED) is 0.202. The van der Waals surface area contributed by atoms with Gasteiger partial charge in [-0.2, -0.15) is 0 Å². The lowest BCUT2D eigenvalue weighted by atomic mass is 9.95. The van der Waals surface area contributed by atoms with Gasteiger partial charge in [-0.1, -0.05) is 108 Å². The van der Waals surface area contributed by atoms with Gasteiger partial charge in [-0.3, -0.25) is 0 Å². The van der Waals surface area contributed by atoms with E-state index >= 15 is 0 Å². The largest absolute Gasteiger partial charge is 0.247 e. The average Bonchev–Trinajstić information content (AvgIpc) is 2.83. The van der Waals surface area contributed by atoms with Crippen molar-refractivity contribution in [1.29, 1.82) is 0 Å². The lowest BCUT2D eigenvalue weighted by Gasteiger charge is -2.17. The fraction of sp³-hybridized carbons (Fsp3) is 0.138. The maximum atomic E-state index is 5.30. The number of aliphatic imine (C=N–C) groups is 1. The van der Waals surface area contributed by atoms with E-state index in [1.54, 1.807) is 0 Å². The minimum Gasteiger partial charge on any atom is -0.247 e. The second-order valence-corrected chi connectivity index (χ2v) is 10.9. The maximum absolute atomic E-state index is 5.30. The zero-order chi connectivity index (χ0) is 22.8. The molecule has 1 nitrogen and oxygen atoms in total. The van der Waals surface area contributed by atoms with Crippen LogP contribution >= 0.6 is 47.8 Å². The topological polar surface area (TPSA) is 12.4 Å². The van der Waals surface area contributed by atoms with Crippen molar-refractivity contribution < 1.29 is 0 Å². The fourth-order valence-electron chi connectivity index (χ4n) is 4.30. The molecule has 0 unspecified atom stereocenters. The third kappa shape index (κ3) is 5.08. The number of hydrogen-bond acceptors (Lipinski definition) is 1. The molecule has 4 aliphatic carbocycles. The lowest BCUT2D eigenvalue weighted by Crippen LogP contribution is -2.05. The van der Waals surface area contributed by atoms with Gasteiger partial charge in [0.1, 0.15) is 0 Å². The highest BCUT2D eigenvalue weighted by molar-refractivity contribution is 9.11. The van der Waals surface area contributed by atoms with Crippen LogP contribution in [-0.2, 0) is 25.7 Å². The van der Waals surface area contributed by atoms with Gasteiger partial charge in [0.2, 0.25) is 0 Å². The molecule has 4 heteroatoms. The smallest absolute Gasteiger partial charge is 0.0781 e. The van der Waals surface area contributed by atoms with E-state index in [4.69, 9.17) is 4.99 Å². The predicted octanol–water partition coefficient (Wildman–Crippen LogP) is 9.03. The molecule has 0 fully saturated rings. The highest BCUT2D eigenvalue weighted by atomic mass is 79.9. The summed E-state index contributed by atoms with van der Waals surface area (Å²) in [7, 11) is 0. The summed E-state index contributed by atoms with van der Waals surface area (Å²) in [5.41, 5.74) is 9.48. The molecule has 0 N–H and O–H groups in total. The predicted molar refractivity (Wildman–Crippen MR) is 149 cm³/mol. The molecule has 0 aromatic heterocycles. The van der Waals surface area contributed by atoms with E-state index in [0.29, 0.717) is 0 Å². The van der Waals surface area contributed by atoms with Crippen LogP contribution in [-0.4, -0.2) is 5.71 Å². The Hall–Kier alpha value is -2.01. The molecule has 4 aromatic rings. The van der Waals surface area contributed by atoms with E-state index < -0.39 is 0 Å². The summed E-state index contributed by atoms with van der Waals surface area (Å²) in [4.78, 5) is 5.30. The van der Waals surface area contributed by atoms with Crippen LogP contribution in [0, 0.1) is 0 Å². The molecular formula is C29H22Br3N. The highest BCUT2D eigenvalue weighted by Crippen LogP contribution is 2.35. The number of halogens is 3. The molecule has 164 valence electrons. The van der Waals surface area contributed by atoms with Crippen LogP contribution in [0.5, 0.6) is 0 Å². The first kappa shape index (κ1) is 22.8. The molecule has 4 aliphatic rings.